The van der Waals surface area contributed by atoms with Gasteiger partial charge < -0.3 is 4.90 Å². The van der Waals surface area contributed by atoms with E-state index in [0.29, 0.717) is 0 Å². The minimum Gasteiger partial charge on any atom is -0.309 e. The van der Waals surface area contributed by atoms with E-state index < -0.39 is 0 Å². The SMILES string of the molecule is CC1(C)c2ccccc2-c2c(N(c3ccccc3-c3cccc4c3sc3ccccc34)c3cccc4c3-c3ccccc3C4(C)C)cccc21. The number of para-hydroxylation sites is 1. The van der Waals surface area contributed by atoms with Crippen LogP contribution in [0.1, 0.15) is 49.9 Å². The Balaban J connectivity index is 1.32. The van der Waals surface area contributed by atoms with E-state index in [4.69, 9.17) is 0 Å². The van der Waals surface area contributed by atoms with E-state index in [1.165, 1.54) is 92.9 Å². The van der Waals surface area contributed by atoms with Gasteiger partial charge in [0.2, 0.25) is 0 Å². The van der Waals surface area contributed by atoms with Crippen LogP contribution in [0.25, 0.3) is 53.6 Å². The molecule has 0 atom stereocenters. The number of hydrogen-bond donors (Lipinski definition) is 0. The molecule has 8 aromatic rings. The van der Waals surface area contributed by atoms with E-state index in [1.807, 2.05) is 11.3 Å². The Kier molecular flexibility index (Phi) is 6.21. The standard InChI is InChI=1S/C48H37NS/c1-47(2)36-22-9-5-18-34(36)44-38(47)24-14-27-41(44)49(42-28-15-25-39-45(42)35-19-6-10-23-37(35)48(39,3)4)40-26-11-7-16-30(40)32-20-13-21-33-31-17-8-12-29-43(31)50-46(32)33/h5-29H,1-4H3. The first-order chi connectivity index (χ1) is 24.4. The molecule has 0 saturated heterocycles. The van der Waals surface area contributed by atoms with Gasteiger partial charge in [-0.25, -0.2) is 0 Å². The average Bonchev–Trinajstić information content (AvgIpc) is 3.73. The van der Waals surface area contributed by atoms with Crippen molar-refractivity contribution in [3.8, 4) is 33.4 Å². The monoisotopic (exact) mass is 659 g/mol. The summed E-state index contributed by atoms with van der Waals surface area (Å²) in [6, 6.07) is 56.7. The minimum absolute atomic E-state index is 0.108. The molecule has 1 heterocycles. The van der Waals surface area contributed by atoms with Crippen LogP contribution in [0.2, 0.25) is 0 Å². The lowest BCUT2D eigenvalue weighted by molar-refractivity contribution is 0.660. The quantitative estimate of drug-likeness (QED) is 0.182. The highest BCUT2D eigenvalue weighted by Crippen LogP contribution is 2.59. The van der Waals surface area contributed by atoms with E-state index in [1.54, 1.807) is 0 Å². The molecule has 10 rings (SSSR count). The summed E-state index contributed by atoms with van der Waals surface area (Å²) in [5, 5.41) is 2.64. The van der Waals surface area contributed by atoms with Crippen LogP contribution >= 0.6 is 11.3 Å². The molecule has 0 N–H and O–H groups in total. The maximum absolute atomic E-state index is 2.59. The highest BCUT2D eigenvalue weighted by Gasteiger charge is 2.41. The van der Waals surface area contributed by atoms with Crippen molar-refractivity contribution in [2.45, 2.75) is 38.5 Å². The number of thiophene rings is 1. The summed E-state index contributed by atoms with van der Waals surface area (Å²) in [6.07, 6.45) is 0. The maximum atomic E-state index is 2.59. The summed E-state index contributed by atoms with van der Waals surface area (Å²) in [5.41, 5.74) is 16.7. The van der Waals surface area contributed by atoms with Crippen molar-refractivity contribution in [2.75, 3.05) is 4.90 Å². The highest BCUT2D eigenvalue weighted by molar-refractivity contribution is 7.26. The number of rotatable bonds is 4. The number of anilines is 3. The van der Waals surface area contributed by atoms with Gasteiger partial charge in [-0.2, -0.15) is 0 Å². The smallest absolute Gasteiger partial charge is 0.0543 e. The molecule has 0 saturated carbocycles. The second-order valence-electron chi connectivity index (χ2n) is 14.9. The van der Waals surface area contributed by atoms with Crippen LogP contribution < -0.4 is 4.90 Å². The van der Waals surface area contributed by atoms with E-state index in [-0.39, 0.29) is 10.8 Å². The first-order valence-corrected chi connectivity index (χ1v) is 18.4. The number of benzene rings is 7. The van der Waals surface area contributed by atoms with Crippen molar-refractivity contribution in [3.63, 3.8) is 0 Å². The molecule has 2 heteroatoms. The molecule has 50 heavy (non-hydrogen) atoms. The van der Waals surface area contributed by atoms with Gasteiger partial charge in [-0.05, 0) is 57.6 Å². The molecule has 0 bridgehead atoms. The van der Waals surface area contributed by atoms with E-state index >= 15 is 0 Å². The van der Waals surface area contributed by atoms with Crippen molar-refractivity contribution >= 4 is 48.6 Å². The van der Waals surface area contributed by atoms with Crippen LogP contribution in [0, 0.1) is 0 Å². The Hall–Kier alpha value is -5.44. The number of nitrogens with zero attached hydrogens (tertiary/aromatic N) is 1. The maximum Gasteiger partial charge on any atom is 0.0543 e. The molecule has 1 nitrogen and oxygen atoms in total. The molecule has 0 amide bonds. The Morgan fingerprint density at radius 3 is 1.46 bits per heavy atom. The van der Waals surface area contributed by atoms with E-state index in [9.17, 15) is 0 Å². The fourth-order valence-electron chi connectivity index (χ4n) is 9.09. The largest absolute Gasteiger partial charge is 0.309 e. The zero-order valence-corrected chi connectivity index (χ0v) is 29.6. The normalized spacial score (nSPS) is 14.7. The minimum atomic E-state index is -0.108. The van der Waals surface area contributed by atoms with Gasteiger partial charge in [-0.3, -0.25) is 0 Å². The van der Waals surface area contributed by atoms with Crippen LogP contribution in [0.5, 0.6) is 0 Å². The van der Waals surface area contributed by atoms with E-state index in [2.05, 4.69) is 184 Å². The Morgan fingerprint density at radius 1 is 0.380 bits per heavy atom. The Morgan fingerprint density at radius 2 is 0.820 bits per heavy atom. The van der Waals surface area contributed by atoms with Crippen LogP contribution in [-0.4, -0.2) is 0 Å². The molecule has 0 aliphatic heterocycles. The van der Waals surface area contributed by atoms with Crippen LogP contribution in [0.3, 0.4) is 0 Å². The fraction of sp³-hybridized carbons (Fsp3) is 0.125. The average molecular weight is 660 g/mol. The summed E-state index contributed by atoms with van der Waals surface area (Å²) in [7, 11) is 0. The lowest BCUT2D eigenvalue weighted by atomic mass is 9.82. The van der Waals surface area contributed by atoms with Crippen molar-refractivity contribution in [1.82, 2.24) is 0 Å². The lowest BCUT2D eigenvalue weighted by Gasteiger charge is -2.32. The van der Waals surface area contributed by atoms with Gasteiger partial charge in [-0.1, -0.05) is 155 Å². The van der Waals surface area contributed by atoms with Crippen molar-refractivity contribution < 1.29 is 0 Å². The van der Waals surface area contributed by atoms with Gasteiger partial charge in [-0.15, -0.1) is 11.3 Å². The molecular formula is C48H37NS. The van der Waals surface area contributed by atoms with Crippen molar-refractivity contribution in [1.29, 1.82) is 0 Å². The Labute approximate surface area is 298 Å². The predicted octanol–water partition coefficient (Wildman–Crippen LogP) is 13.8. The molecule has 0 radical (unpaired) electrons. The van der Waals surface area contributed by atoms with Gasteiger partial charge in [0.1, 0.15) is 0 Å². The molecule has 0 unspecified atom stereocenters. The van der Waals surface area contributed by atoms with Gasteiger partial charge in [0.05, 0.1) is 17.1 Å². The van der Waals surface area contributed by atoms with Crippen molar-refractivity contribution in [3.05, 3.63) is 174 Å². The highest BCUT2D eigenvalue weighted by atomic mass is 32.1. The predicted molar refractivity (Wildman–Crippen MR) is 215 cm³/mol. The summed E-state index contributed by atoms with van der Waals surface area (Å²) >= 11 is 1.90. The molecule has 7 aromatic carbocycles. The van der Waals surface area contributed by atoms with Crippen LogP contribution in [0.15, 0.2) is 152 Å². The van der Waals surface area contributed by atoms with Gasteiger partial charge in [0, 0.05) is 53.3 Å². The summed E-state index contributed by atoms with van der Waals surface area (Å²) in [5.74, 6) is 0. The molecule has 1 aromatic heterocycles. The molecule has 0 fully saturated rings. The molecule has 0 spiro atoms. The van der Waals surface area contributed by atoms with Crippen LogP contribution in [-0.2, 0) is 10.8 Å². The molecule has 240 valence electrons. The summed E-state index contributed by atoms with van der Waals surface area (Å²) < 4.78 is 2.65. The molecular weight excluding hydrogens is 623 g/mol. The summed E-state index contributed by atoms with van der Waals surface area (Å²) in [4.78, 5) is 2.59. The van der Waals surface area contributed by atoms with Gasteiger partial charge in [0.25, 0.3) is 0 Å². The Bertz CT molecular complexity index is 2560. The summed E-state index contributed by atoms with van der Waals surface area (Å²) in [6.45, 7) is 9.50. The first-order valence-electron chi connectivity index (χ1n) is 17.6. The number of hydrogen-bond acceptors (Lipinski definition) is 2. The van der Waals surface area contributed by atoms with Gasteiger partial charge in [0.15, 0.2) is 0 Å². The fourth-order valence-corrected chi connectivity index (χ4v) is 10.3. The molecule has 2 aliphatic carbocycles. The zero-order valence-electron chi connectivity index (χ0n) is 28.8. The zero-order chi connectivity index (χ0) is 33.8. The third kappa shape index (κ3) is 3.94. The van der Waals surface area contributed by atoms with E-state index in [0.717, 1.165) is 0 Å². The van der Waals surface area contributed by atoms with Crippen LogP contribution in [0.4, 0.5) is 17.1 Å². The lowest BCUT2D eigenvalue weighted by Crippen LogP contribution is -2.17. The second-order valence-corrected chi connectivity index (χ2v) is 15.9. The second kappa shape index (κ2) is 10.5. The number of fused-ring (bicyclic) bond motifs is 9. The third-order valence-corrected chi connectivity index (χ3v) is 12.7. The third-order valence-electron chi connectivity index (χ3n) is 11.5. The first kappa shape index (κ1) is 29.5. The topological polar surface area (TPSA) is 3.24 Å². The van der Waals surface area contributed by atoms with Gasteiger partial charge >= 0.3 is 0 Å². The molecule has 2 aliphatic rings. The van der Waals surface area contributed by atoms with Crippen molar-refractivity contribution in [2.24, 2.45) is 0 Å².